The molecule has 6 N–H and O–H groups in total. The van der Waals surface area contributed by atoms with Gasteiger partial charge in [-0.15, -0.1) is 0 Å². The summed E-state index contributed by atoms with van der Waals surface area (Å²) in [6, 6.07) is 0. The number of piperazine rings is 1. The summed E-state index contributed by atoms with van der Waals surface area (Å²) < 4.78 is 1.95. The molecule has 1 amide bonds. The number of carbonyl (C=O) groups is 1. The van der Waals surface area contributed by atoms with Gasteiger partial charge in [-0.2, -0.15) is 0 Å². The lowest BCUT2D eigenvalue weighted by atomic mass is 10.3. The zero-order valence-electron chi connectivity index (χ0n) is 9.96. The van der Waals surface area contributed by atoms with Gasteiger partial charge in [0.05, 0.1) is 0 Å². The van der Waals surface area contributed by atoms with Gasteiger partial charge in [-0.05, 0) is 6.42 Å². The molecular weight excluding hydrogens is 206 g/mol. The Morgan fingerprint density at radius 1 is 1.38 bits per heavy atom. The SMILES string of the molecule is CCCNC(=O)C[NH+]1CC[N+](=C(N)N)CC1. The van der Waals surface area contributed by atoms with Crippen molar-refractivity contribution in [3.05, 3.63) is 0 Å². The van der Waals surface area contributed by atoms with Gasteiger partial charge in [0, 0.05) is 6.54 Å². The van der Waals surface area contributed by atoms with E-state index in [1.165, 1.54) is 4.90 Å². The van der Waals surface area contributed by atoms with E-state index in [4.69, 9.17) is 11.5 Å². The first-order chi connectivity index (χ1) is 7.63. The fourth-order valence-electron chi connectivity index (χ4n) is 1.81. The molecule has 0 aromatic rings. The molecule has 0 aromatic carbocycles. The molecule has 1 heterocycles. The Hall–Kier alpha value is -1.30. The second-order valence-electron chi connectivity index (χ2n) is 4.19. The van der Waals surface area contributed by atoms with Gasteiger partial charge in [-0.3, -0.25) is 20.8 Å². The van der Waals surface area contributed by atoms with Crippen molar-refractivity contribution in [2.75, 3.05) is 39.3 Å². The summed E-state index contributed by atoms with van der Waals surface area (Å²) in [5, 5.41) is 2.89. The number of quaternary nitrogens is 1. The van der Waals surface area contributed by atoms with Gasteiger partial charge in [0.1, 0.15) is 26.2 Å². The molecule has 1 rings (SSSR count). The van der Waals surface area contributed by atoms with E-state index < -0.39 is 0 Å². The van der Waals surface area contributed by atoms with Crippen molar-refractivity contribution < 1.29 is 14.3 Å². The number of amides is 1. The average molecular weight is 229 g/mol. The van der Waals surface area contributed by atoms with Crippen LogP contribution in [0.25, 0.3) is 0 Å². The third-order valence-corrected chi connectivity index (χ3v) is 2.82. The van der Waals surface area contributed by atoms with Crippen LogP contribution in [-0.4, -0.2) is 55.7 Å². The summed E-state index contributed by atoms with van der Waals surface area (Å²) in [4.78, 5) is 12.8. The topological polar surface area (TPSA) is 88.6 Å². The predicted molar refractivity (Wildman–Crippen MR) is 62.2 cm³/mol. The lowest BCUT2D eigenvalue weighted by Gasteiger charge is -2.24. The van der Waals surface area contributed by atoms with Crippen LogP contribution in [0.4, 0.5) is 0 Å². The molecule has 1 aliphatic rings. The molecule has 6 nitrogen and oxygen atoms in total. The molecule has 0 atom stereocenters. The number of hydrogen-bond donors (Lipinski definition) is 4. The minimum absolute atomic E-state index is 0.134. The van der Waals surface area contributed by atoms with E-state index in [1.807, 2.05) is 11.5 Å². The highest BCUT2D eigenvalue weighted by Crippen LogP contribution is 1.77. The molecule has 6 heteroatoms. The van der Waals surface area contributed by atoms with Crippen molar-refractivity contribution in [2.24, 2.45) is 11.5 Å². The number of nitrogens with zero attached hydrogens (tertiary/aromatic N) is 1. The second-order valence-corrected chi connectivity index (χ2v) is 4.19. The van der Waals surface area contributed by atoms with E-state index in [-0.39, 0.29) is 5.91 Å². The molecule has 0 aromatic heterocycles. The number of hydrogen-bond acceptors (Lipinski definition) is 1. The lowest BCUT2D eigenvalue weighted by Crippen LogP contribution is -3.15. The quantitative estimate of drug-likeness (QED) is 0.301. The molecule has 0 unspecified atom stereocenters. The first-order valence-corrected chi connectivity index (χ1v) is 5.86. The van der Waals surface area contributed by atoms with Crippen molar-refractivity contribution in [2.45, 2.75) is 13.3 Å². The maximum atomic E-state index is 11.5. The van der Waals surface area contributed by atoms with Crippen molar-refractivity contribution in [1.29, 1.82) is 0 Å². The fraction of sp³-hybridized carbons (Fsp3) is 0.800. The molecule has 0 bridgehead atoms. The Morgan fingerprint density at radius 3 is 2.50 bits per heavy atom. The molecular formula is C10H23N5O+2. The van der Waals surface area contributed by atoms with Crippen LogP contribution in [0.3, 0.4) is 0 Å². The molecule has 1 aliphatic heterocycles. The highest BCUT2D eigenvalue weighted by atomic mass is 16.2. The van der Waals surface area contributed by atoms with Crippen LogP contribution >= 0.6 is 0 Å². The van der Waals surface area contributed by atoms with Gasteiger partial charge in [-0.1, -0.05) is 6.92 Å². The molecule has 92 valence electrons. The number of guanidine groups is 1. The van der Waals surface area contributed by atoms with Crippen LogP contribution in [0.1, 0.15) is 13.3 Å². The molecule has 1 saturated heterocycles. The van der Waals surface area contributed by atoms with E-state index in [2.05, 4.69) is 5.32 Å². The monoisotopic (exact) mass is 229 g/mol. The van der Waals surface area contributed by atoms with E-state index in [0.29, 0.717) is 12.5 Å². The number of nitrogens with two attached hydrogens (primary N) is 2. The Morgan fingerprint density at radius 2 is 2.00 bits per heavy atom. The van der Waals surface area contributed by atoms with Crippen LogP contribution < -0.4 is 21.7 Å². The van der Waals surface area contributed by atoms with Gasteiger partial charge >= 0.3 is 5.96 Å². The zero-order chi connectivity index (χ0) is 12.0. The zero-order valence-corrected chi connectivity index (χ0v) is 9.96. The summed E-state index contributed by atoms with van der Waals surface area (Å²) in [5.74, 6) is 0.518. The van der Waals surface area contributed by atoms with Crippen LogP contribution in [-0.2, 0) is 4.79 Å². The molecule has 0 radical (unpaired) electrons. The van der Waals surface area contributed by atoms with E-state index in [9.17, 15) is 4.79 Å². The summed E-state index contributed by atoms with van der Waals surface area (Å²) in [5.41, 5.74) is 11.0. The first-order valence-electron chi connectivity index (χ1n) is 5.86. The summed E-state index contributed by atoms with van der Waals surface area (Å²) >= 11 is 0. The summed E-state index contributed by atoms with van der Waals surface area (Å²) in [6.07, 6.45) is 0.980. The normalized spacial score (nSPS) is 20.6. The van der Waals surface area contributed by atoms with E-state index in [0.717, 1.165) is 39.1 Å². The summed E-state index contributed by atoms with van der Waals surface area (Å²) in [7, 11) is 0. The minimum Gasteiger partial charge on any atom is -0.351 e. The van der Waals surface area contributed by atoms with Crippen LogP contribution in [0.15, 0.2) is 0 Å². The first kappa shape index (κ1) is 12.8. The van der Waals surface area contributed by atoms with Crippen molar-refractivity contribution in [1.82, 2.24) is 5.32 Å². The molecule has 0 saturated carbocycles. The Balaban J connectivity index is 2.27. The average Bonchev–Trinajstić information content (AvgIpc) is 2.27. The number of carbonyl (C=O) groups excluding carboxylic acids is 1. The molecule has 16 heavy (non-hydrogen) atoms. The summed E-state index contributed by atoms with van der Waals surface area (Å²) in [6.45, 7) is 6.86. The lowest BCUT2D eigenvalue weighted by molar-refractivity contribution is -0.924. The second kappa shape index (κ2) is 6.32. The smallest absolute Gasteiger partial charge is 0.341 e. The van der Waals surface area contributed by atoms with E-state index >= 15 is 0 Å². The predicted octanol–water partition coefficient (Wildman–Crippen LogP) is -3.30. The molecule has 0 spiro atoms. The standard InChI is InChI=1S/C10H21N5O/c1-2-3-13-9(16)8-14-4-6-15(7-5-14)10(11)12/h2-8H2,1H3,(H4,11,12,13,16)/p+2. The van der Waals surface area contributed by atoms with Gasteiger partial charge in [0.2, 0.25) is 0 Å². The molecule has 0 aliphatic carbocycles. The maximum absolute atomic E-state index is 11.5. The van der Waals surface area contributed by atoms with Crippen LogP contribution in [0.5, 0.6) is 0 Å². The third kappa shape index (κ3) is 4.06. The highest BCUT2D eigenvalue weighted by molar-refractivity contribution is 5.76. The van der Waals surface area contributed by atoms with Crippen LogP contribution in [0.2, 0.25) is 0 Å². The van der Waals surface area contributed by atoms with Gasteiger partial charge in [0.15, 0.2) is 6.54 Å². The Kier molecular flexibility index (Phi) is 5.04. The molecule has 1 fully saturated rings. The van der Waals surface area contributed by atoms with Crippen LogP contribution in [0, 0.1) is 0 Å². The van der Waals surface area contributed by atoms with Crippen molar-refractivity contribution >= 4 is 11.9 Å². The highest BCUT2D eigenvalue weighted by Gasteiger charge is 2.21. The largest absolute Gasteiger partial charge is 0.351 e. The Labute approximate surface area is 96.3 Å². The van der Waals surface area contributed by atoms with Crippen molar-refractivity contribution in [3.8, 4) is 0 Å². The number of rotatable bonds is 4. The number of nitrogens with one attached hydrogen (secondary N) is 2. The fourth-order valence-corrected chi connectivity index (χ4v) is 1.81. The van der Waals surface area contributed by atoms with Gasteiger partial charge in [0.25, 0.3) is 5.91 Å². The Bertz CT molecular complexity index is 262. The maximum Gasteiger partial charge on any atom is 0.341 e. The minimum atomic E-state index is 0.134. The van der Waals surface area contributed by atoms with Gasteiger partial charge < -0.3 is 10.2 Å². The van der Waals surface area contributed by atoms with Crippen molar-refractivity contribution in [3.63, 3.8) is 0 Å². The third-order valence-electron chi connectivity index (χ3n) is 2.82. The van der Waals surface area contributed by atoms with Gasteiger partial charge in [-0.25, -0.2) is 0 Å². The van der Waals surface area contributed by atoms with E-state index in [1.54, 1.807) is 0 Å².